The maximum atomic E-state index is 10.4. The van der Waals surface area contributed by atoms with Gasteiger partial charge in [0.15, 0.2) is 0 Å². The van der Waals surface area contributed by atoms with Gasteiger partial charge in [0.05, 0.1) is 4.92 Å². The van der Waals surface area contributed by atoms with Crippen molar-refractivity contribution in [1.29, 1.82) is 0 Å². The molecule has 1 aromatic carbocycles. The molecule has 0 aliphatic carbocycles. The van der Waals surface area contributed by atoms with Crippen LogP contribution in [0.25, 0.3) is 0 Å². The number of aromatic nitrogens is 2. The summed E-state index contributed by atoms with van der Waals surface area (Å²) < 4.78 is 6.35. The Morgan fingerprint density at radius 2 is 2.00 bits per heavy atom. The first-order valence-electron chi connectivity index (χ1n) is 4.96. The number of rotatable bonds is 3. The molecule has 0 N–H and O–H groups in total. The summed E-state index contributed by atoms with van der Waals surface area (Å²) in [6.07, 6.45) is 2.21. The molecule has 6 nitrogen and oxygen atoms in total. The molecule has 1 aromatic heterocycles. The highest BCUT2D eigenvalue weighted by Crippen LogP contribution is 2.24. The molecule has 0 saturated heterocycles. The Labute approximate surface area is 111 Å². The number of aryl methyl sites for hydroxylation is 1. The Balaban J connectivity index is 2.18. The normalized spacial score (nSPS) is 10.1. The fraction of sp³-hybridized carbons (Fsp3) is 0.0909. The molecule has 0 spiro atoms. The summed E-state index contributed by atoms with van der Waals surface area (Å²) >= 11 is 3.38. The number of ether oxygens (including phenoxy) is 1. The second kappa shape index (κ2) is 5.09. The van der Waals surface area contributed by atoms with Gasteiger partial charge in [-0.2, -0.15) is 9.97 Å². The number of hydrogen-bond donors (Lipinski definition) is 0. The average molecular weight is 310 g/mol. The third-order valence-corrected chi connectivity index (χ3v) is 3.05. The molecule has 0 amide bonds. The van der Waals surface area contributed by atoms with Crippen molar-refractivity contribution < 1.29 is 9.66 Å². The molecule has 1 heterocycles. The highest BCUT2D eigenvalue weighted by molar-refractivity contribution is 9.10. The zero-order valence-corrected chi connectivity index (χ0v) is 10.9. The van der Waals surface area contributed by atoms with Gasteiger partial charge in [0.25, 0.3) is 0 Å². The predicted molar refractivity (Wildman–Crippen MR) is 67.6 cm³/mol. The first kappa shape index (κ1) is 12.4. The Morgan fingerprint density at radius 3 is 2.56 bits per heavy atom. The number of hydrogen-bond acceptors (Lipinski definition) is 5. The molecular weight excluding hydrogens is 302 g/mol. The quantitative estimate of drug-likeness (QED) is 0.642. The summed E-state index contributed by atoms with van der Waals surface area (Å²) in [6, 6.07) is 5.48. The molecule has 0 fully saturated rings. The summed E-state index contributed by atoms with van der Waals surface area (Å²) in [6.45, 7) is 1.92. The van der Waals surface area contributed by atoms with Crippen molar-refractivity contribution in [3.63, 3.8) is 0 Å². The Hall–Kier alpha value is -2.02. The maximum absolute atomic E-state index is 10.4. The van der Waals surface area contributed by atoms with E-state index in [1.165, 1.54) is 0 Å². The van der Waals surface area contributed by atoms with Gasteiger partial charge in [-0.3, -0.25) is 10.1 Å². The highest BCUT2D eigenvalue weighted by Gasteiger charge is 2.08. The van der Waals surface area contributed by atoms with Crippen LogP contribution in [0.1, 0.15) is 5.56 Å². The van der Waals surface area contributed by atoms with Crippen LogP contribution in [0.4, 0.5) is 5.69 Å². The van der Waals surface area contributed by atoms with Gasteiger partial charge in [-0.1, -0.05) is 15.9 Å². The average Bonchev–Trinajstić information content (AvgIpc) is 2.34. The number of benzene rings is 1. The van der Waals surface area contributed by atoms with E-state index < -0.39 is 4.92 Å². The van der Waals surface area contributed by atoms with E-state index in [4.69, 9.17) is 4.74 Å². The summed E-state index contributed by atoms with van der Waals surface area (Å²) in [7, 11) is 0. The number of nitrogens with zero attached hydrogens (tertiary/aromatic N) is 3. The lowest BCUT2D eigenvalue weighted by atomic mass is 10.2. The van der Waals surface area contributed by atoms with Gasteiger partial charge in [0, 0.05) is 4.47 Å². The Bertz CT molecular complexity index is 587. The van der Waals surface area contributed by atoms with Crippen LogP contribution in [0.15, 0.2) is 35.1 Å². The minimum absolute atomic E-state index is 0.0716. The largest absolute Gasteiger partial charge is 0.424 e. The fourth-order valence-corrected chi connectivity index (χ4v) is 1.49. The van der Waals surface area contributed by atoms with Crippen LogP contribution in [-0.4, -0.2) is 14.9 Å². The molecule has 0 aliphatic heterocycles. The molecule has 0 aliphatic rings. The van der Waals surface area contributed by atoms with Crippen molar-refractivity contribution >= 4 is 21.6 Å². The minimum Gasteiger partial charge on any atom is -0.424 e. The summed E-state index contributed by atoms with van der Waals surface area (Å²) in [5.74, 6) is 0.574. The molecule has 92 valence electrons. The minimum atomic E-state index is -0.562. The lowest BCUT2D eigenvalue weighted by molar-refractivity contribution is -0.385. The van der Waals surface area contributed by atoms with Gasteiger partial charge in [0.2, 0.25) is 0 Å². The molecule has 0 saturated carbocycles. The number of nitro groups is 1. The summed E-state index contributed by atoms with van der Waals surface area (Å²) in [5, 5.41) is 10.4. The Morgan fingerprint density at radius 1 is 1.33 bits per heavy atom. The maximum Gasteiger partial charge on any atom is 0.322 e. The van der Waals surface area contributed by atoms with Crippen LogP contribution in [0.5, 0.6) is 11.8 Å². The van der Waals surface area contributed by atoms with E-state index in [1.54, 1.807) is 6.07 Å². The number of halogens is 1. The standard InChI is InChI=1S/C11H8BrN3O3/c1-7-4-9(2-3-10(7)12)18-11-13-5-8(6-14-11)15(16)17/h2-6H,1H3. The van der Waals surface area contributed by atoms with Crippen molar-refractivity contribution in [2.75, 3.05) is 0 Å². The zero-order valence-electron chi connectivity index (χ0n) is 9.33. The zero-order chi connectivity index (χ0) is 13.1. The van der Waals surface area contributed by atoms with Crippen LogP contribution in [0.3, 0.4) is 0 Å². The fourth-order valence-electron chi connectivity index (χ4n) is 1.24. The van der Waals surface area contributed by atoms with Crippen molar-refractivity contribution in [2.24, 2.45) is 0 Å². The van der Waals surface area contributed by atoms with Crippen LogP contribution < -0.4 is 4.74 Å². The first-order chi connectivity index (χ1) is 8.56. The van der Waals surface area contributed by atoms with Gasteiger partial charge in [-0.05, 0) is 30.7 Å². The van der Waals surface area contributed by atoms with Crippen LogP contribution in [0.2, 0.25) is 0 Å². The molecule has 2 rings (SSSR count). The SMILES string of the molecule is Cc1cc(Oc2ncc([N+](=O)[O-])cn2)ccc1Br. The molecular formula is C11H8BrN3O3. The molecule has 0 bridgehead atoms. The lowest BCUT2D eigenvalue weighted by Gasteiger charge is -2.04. The monoisotopic (exact) mass is 309 g/mol. The smallest absolute Gasteiger partial charge is 0.322 e. The second-order valence-electron chi connectivity index (χ2n) is 3.49. The van der Waals surface area contributed by atoms with E-state index in [-0.39, 0.29) is 11.7 Å². The van der Waals surface area contributed by atoms with Gasteiger partial charge in [-0.15, -0.1) is 0 Å². The van der Waals surface area contributed by atoms with Gasteiger partial charge in [0.1, 0.15) is 18.1 Å². The molecule has 0 atom stereocenters. The molecule has 18 heavy (non-hydrogen) atoms. The van der Waals surface area contributed by atoms with E-state index >= 15 is 0 Å². The van der Waals surface area contributed by atoms with Gasteiger partial charge < -0.3 is 4.74 Å². The van der Waals surface area contributed by atoms with E-state index in [1.807, 2.05) is 19.1 Å². The molecule has 2 aromatic rings. The van der Waals surface area contributed by atoms with Crippen molar-refractivity contribution in [1.82, 2.24) is 9.97 Å². The summed E-state index contributed by atoms with van der Waals surface area (Å²) in [4.78, 5) is 17.4. The lowest BCUT2D eigenvalue weighted by Crippen LogP contribution is -1.95. The first-order valence-corrected chi connectivity index (χ1v) is 5.76. The topological polar surface area (TPSA) is 78.2 Å². The van der Waals surface area contributed by atoms with Crippen LogP contribution in [0, 0.1) is 17.0 Å². The predicted octanol–water partition coefficient (Wildman–Crippen LogP) is 3.25. The molecule has 0 radical (unpaired) electrons. The van der Waals surface area contributed by atoms with E-state index in [0.29, 0.717) is 5.75 Å². The molecule has 0 unspecified atom stereocenters. The van der Waals surface area contributed by atoms with Crippen LogP contribution in [-0.2, 0) is 0 Å². The Kier molecular flexibility index (Phi) is 3.52. The van der Waals surface area contributed by atoms with E-state index in [0.717, 1.165) is 22.4 Å². The third kappa shape index (κ3) is 2.80. The highest BCUT2D eigenvalue weighted by atomic mass is 79.9. The van der Waals surface area contributed by atoms with Gasteiger partial charge >= 0.3 is 11.7 Å². The third-order valence-electron chi connectivity index (χ3n) is 2.16. The van der Waals surface area contributed by atoms with Gasteiger partial charge in [-0.25, -0.2) is 0 Å². The van der Waals surface area contributed by atoms with E-state index in [9.17, 15) is 10.1 Å². The van der Waals surface area contributed by atoms with Crippen molar-refractivity contribution in [3.8, 4) is 11.8 Å². The summed E-state index contributed by atoms with van der Waals surface area (Å²) in [5.41, 5.74) is 0.837. The van der Waals surface area contributed by atoms with E-state index in [2.05, 4.69) is 25.9 Å². The second-order valence-corrected chi connectivity index (χ2v) is 4.35. The van der Waals surface area contributed by atoms with Crippen molar-refractivity contribution in [2.45, 2.75) is 6.92 Å². The van der Waals surface area contributed by atoms with Crippen molar-refractivity contribution in [3.05, 3.63) is 50.7 Å². The molecule has 7 heteroatoms. The van der Waals surface area contributed by atoms with Crippen LogP contribution >= 0.6 is 15.9 Å².